The highest BCUT2D eigenvalue weighted by Crippen LogP contribution is 2.21. The number of hydrogen-bond acceptors (Lipinski definition) is 4. The predicted molar refractivity (Wildman–Crippen MR) is 61.1 cm³/mol. The molecular weight excluding hydrogens is 231 g/mol. The Bertz CT molecular complexity index is 518. The van der Waals surface area contributed by atoms with E-state index < -0.39 is 5.82 Å². The monoisotopic (exact) mass is 238 g/mol. The van der Waals surface area contributed by atoms with Crippen LogP contribution < -0.4 is 11.1 Å². The lowest BCUT2D eigenvalue weighted by molar-refractivity contribution is 0.629. The van der Waals surface area contributed by atoms with E-state index in [0.29, 0.717) is 11.5 Å². The minimum atomic E-state index is -0.492. The van der Waals surface area contributed by atoms with Gasteiger partial charge < -0.3 is 11.1 Å². The smallest absolute Gasteiger partial charge is 0.221 e. The van der Waals surface area contributed by atoms with Gasteiger partial charge in [-0.3, -0.25) is 0 Å². The van der Waals surface area contributed by atoms with Crippen LogP contribution in [0, 0.1) is 5.82 Å². The normalized spacial score (nSPS) is 10.1. The summed E-state index contributed by atoms with van der Waals surface area (Å²) in [7, 11) is 0. The van der Waals surface area contributed by atoms with Crippen LogP contribution in [0.1, 0.15) is 0 Å². The van der Waals surface area contributed by atoms with E-state index in [2.05, 4.69) is 15.3 Å². The fourth-order valence-electron chi connectivity index (χ4n) is 1.17. The van der Waals surface area contributed by atoms with Gasteiger partial charge >= 0.3 is 0 Å². The molecule has 0 aliphatic carbocycles. The Hall–Kier alpha value is -1.88. The molecule has 0 bridgehead atoms. The second-order valence-corrected chi connectivity index (χ2v) is 3.46. The maximum absolute atomic E-state index is 13.1. The minimum Gasteiger partial charge on any atom is -0.368 e. The van der Waals surface area contributed by atoms with Gasteiger partial charge in [-0.15, -0.1) is 0 Å². The number of nitrogen functional groups attached to an aromatic ring is 1. The van der Waals surface area contributed by atoms with Crippen LogP contribution in [-0.4, -0.2) is 9.97 Å². The Morgan fingerprint density at radius 3 is 2.81 bits per heavy atom. The molecular formula is C10H8ClFN4. The van der Waals surface area contributed by atoms with Crippen molar-refractivity contribution in [2.75, 3.05) is 11.1 Å². The van der Waals surface area contributed by atoms with E-state index >= 15 is 0 Å². The van der Waals surface area contributed by atoms with Crippen molar-refractivity contribution >= 4 is 29.1 Å². The standard InChI is InChI=1S/C10H8ClFN4/c11-7-2-1-6(5-8(7)12)15-9-3-4-14-10(13)16-9/h1-5H,(H3,13,14,15,16). The summed E-state index contributed by atoms with van der Waals surface area (Å²) in [6.45, 7) is 0. The van der Waals surface area contributed by atoms with Gasteiger partial charge in [-0.05, 0) is 24.3 Å². The summed E-state index contributed by atoms with van der Waals surface area (Å²) >= 11 is 5.56. The molecule has 2 rings (SSSR count). The molecule has 16 heavy (non-hydrogen) atoms. The van der Waals surface area contributed by atoms with Gasteiger partial charge in [-0.2, -0.15) is 4.98 Å². The van der Waals surface area contributed by atoms with E-state index in [1.165, 1.54) is 18.3 Å². The van der Waals surface area contributed by atoms with Gasteiger partial charge in [0, 0.05) is 11.9 Å². The van der Waals surface area contributed by atoms with Crippen LogP contribution in [0.4, 0.5) is 21.8 Å². The van der Waals surface area contributed by atoms with Crippen molar-refractivity contribution in [3.8, 4) is 0 Å². The van der Waals surface area contributed by atoms with Gasteiger partial charge in [0.25, 0.3) is 0 Å². The Balaban J connectivity index is 2.24. The van der Waals surface area contributed by atoms with E-state index in [0.717, 1.165) is 0 Å². The van der Waals surface area contributed by atoms with Crippen molar-refractivity contribution in [2.45, 2.75) is 0 Å². The molecule has 6 heteroatoms. The van der Waals surface area contributed by atoms with E-state index in [1.807, 2.05) is 0 Å². The first-order valence-electron chi connectivity index (χ1n) is 4.46. The molecule has 1 aromatic heterocycles. The van der Waals surface area contributed by atoms with Crippen LogP contribution in [0.25, 0.3) is 0 Å². The summed E-state index contributed by atoms with van der Waals surface area (Å²) in [6.07, 6.45) is 1.51. The molecule has 1 aromatic carbocycles. The SMILES string of the molecule is Nc1nccc(Nc2ccc(Cl)c(F)c2)n1. The number of aromatic nitrogens is 2. The Morgan fingerprint density at radius 1 is 1.31 bits per heavy atom. The van der Waals surface area contributed by atoms with Crippen LogP contribution in [0.3, 0.4) is 0 Å². The first kappa shape index (κ1) is 10.6. The number of hydrogen-bond donors (Lipinski definition) is 2. The molecule has 3 N–H and O–H groups in total. The molecule has 1 heterocycles. The molecule has 0 amide bonds. The average Bonchev–Trinajstić information content (AvgIpc) is 2.24. The highest BCUT2D eigenvalue weighted by molar-refractivity contribution is 6.30. The Kier molecular flexibility index (Phi) is 2.87. The van der Waals surface area contributed by atoms with Crippen LogP contribution in [0.15, 0.2) is 30.5 Å². The molecule has 4 nitrogen and oxygen atoms in total. The zero-order valence-corrected chi connectivity index (χ0v) is 8.87. The number of nitrogens with one attached hydrogen (secondary N) is 1. The lowest BCUT2D eigenvalue weighted by atomic mass is 10.3. The van der Waals surface area contributed by atoms with Crippen molar-refractivity contribution < 1.29 is 4.39 Å². The predicted octanol–water partition coefficient (Wildman–Crippen LogP) is 2.59. The molecule has 2 aromatic rings. The maximum Gasteiger partial charge on any atom is 0.221 e. The van der Waals surface area contributed by atoms with E-state index in [1.54, 1.807) is 12.1 Å². The van der Waals surface area contributed by atoms with Crippen molar-refractivity contribution in [3.05, 3.63) is 41.3 Å². The second kappa shape index (κ2) is 4.32. The van der Waals surface area contributed by atoms with Gasteiger partial charge in [0.2, 0.25) is 5.95 Å². The number of anilines is 3. The zero-order chi connectivity index (χ0) is 11.5. The average molecular weight is 239 g/mol. The first-order chi connectivity index (χ1) is 7.65. The van der Waals surface area contributed by atoms with Crippen molar-refractivity contribution in [2.24, 2.45) is 0 Å². The molecule has 82 valence electrons. The summed E-state index contributed by atoms with van der Waals surface area (Å²) in [5.74, 6) is 0.155. The molecule has 0 fully saturated rings. The van der Waals surface area contributed by atoms with Crippen molar-refractivity contribution in [1.29, 1.82) is 0 Å². The molecule has 0 saturated carbocycles. The van der Waals surface area contributed by atoms with Crippen LogP contribution in [0.2, 0.25) is 5.02 Å². The molecule has 0 radical (unpaired) electrons. The number of rotatable bonds is 2. The highest BCUT2D eigenvalue weighted by Gasteiger charge is 2.02. The first-order valence-corrected chi connectivity index (χ1v) is 4.83. The van der Waals surface area contributed by atoms with Gasteiger partial charge in [-0.1, -0.05) is 11.6 Å². The zero-order valence-electron chi connectivity index (χ0n) is 8.11. The van der Waals surface area contributed by atoms with Gasteiger partial charge in [0.05, 0.1) is 5.02 Å². The van der Waals surface area contributed by atoms with Gasteiger partial charge in [0.1, 0.15) is 11.6 Å². The van der Waals surface area contributed by atoms with Crippen molar-refractivity contribution in [1.82, 2.24) is 9.97 Å². The third kappa shape index (κ3) is 2.38. The largest absolute Gasteiger partial charge is 0.368 e. The summed E-state index contributed by atoms with van der Waals surface area (Å²) in [6, 6.07) is 6.01. The van der Waals surface area contributed by atoms with E-state index in [-0.39, 0.29) is 11.0 Å². The van der Waals surface area contributed by atoms with Gasteiger partial charge in [-0.25, -0.2) is 9.37 Å². The van der Waals surface area contributed by atoms with Crippen molar-refractivity contribution in [3.63, 3.8) is 0 Å². The summed E-state index contributed by atoms with van der Waals surface area (Å²) in [5, 5.41) is 2.96. The lowest BCUT2D eigenvalue weighted by Crippen LogP contribution is -1.99. The molecule has 0 aliphatic rings. The third-order valence-electron chi connectivity index (χ3n) is 1.87. The number of nitrogens with zero attached hydrogens (tertiary/aromatic N) is 2. The molecule has 0 atom stereocenters. The Morgan fingerprint density at radius 2 is 2.12 bits per heavy atom. The van der Waals surface area contributed by atoms with E-state index in [4.69, 9.17) is 17.3 Å². The van der Waals surface area contributed by atoms with E-state index in [9.17, 15) is 4.39 Å². The lowest BCUT2D eigenvalue weighted by Gasteiger charge is -2.05. The number of nitrogens with two attached hydrogens (primary N) is 1. The molecule has 0 spiro atoms. The molecule has 0 saturated heterocycles. The topological polar surface area (TPSA) is 63.8 Å². The van der Waals surface area contributed by atoms with Gasteiger partial charge in [0.15, 0.2) is 0 Å². The summed E-state index contributed by atoms with van der Waals surface area (Å²) in [4.78, 5) is 7.67. The summed E-state index contributed by atoms with van der Waals surface area (Å²) in [5.41, 5.74) is 5.95. The highest BCUT2D eigenvalue weighted by atomic mass is 35.5. The Labute approximate surface area is 96.3 Å². The quantitative estimate of drug-likeness (QED) is 0.844. The summed E-state index contributed by atoms with van der Waals surface area (Å²) < 4.78 is 13.1. The minimum absolute atomic E-state index is 0.0766. The molecule has 0 unspecified atom stereocenters. The fraction of sp³-hybridized carbons (Fsp3) is 0. The molecule has 0 aliphatic heterocycles. The number of halogens is 2. The third-order valence-corrected chi connectivity index (χ3v) is 2.17. The maximum atomic E-state index is 13.1. The fourth-order valence-corrected chi connectivity index (χ4v) is 1.28. The van der Waals surface area contributed by atoms with Crippen LogP contribution in [-0.2, 0) is 0 Å². The second-order valence-electron chi connectivity index (χ2n) is 3.05. The van der Waals surface area contributed by atoms with Crippen LogP contribution >= 0.6 is 11.6 Å². The number of benzene rings is 1. The van der Waals surface area contributed by atoms with Crippen LogP contribution in [0.5, 0.6) is 0 Å².